The number of allylic oxidation sites excluding steroid dienone is 2. The van der Waals surface area contributed by atoms with Gasteiger partial charge in [0.05, 0.1) is 0 Å². The molecule has 0 atom stereocenters. The number of hydrogen-bond donors (Lipinski definition) is 0. The maximum Gasteiger partial charge on any atom is 0.205 e. The van der Waals surface area contributed by atoms with Gasteiger partial charge in [0, 0.05) is 31.0 Å². The minimum Gasteiger partial charge on any atom is -0.315 e. The average molecular weight is 207 g/mol. The smallest absolute Gasteiger partial charge is 0.205 e. The summed E-state index contributed by atoms with van der Waals surface area (Å²) < 4.78 is 0. The standard InChI is InChI=1S/C12H21N3/c1-4-5-8-14-10(2)11(3)15-9-6-7-13-12(14)15/h4-9H2,1-3H3. The second-order valence-corrected chi connectivity index (χ2v) is 4.36. The highest BCUT2D eigenvalue weighted by atomic mass is 15.4. The number of unbranched alkanes of at least 4 members (excludes halogenated alkanes) is 1. The van der Waals surface area contributed by atoms with E-state index in [0.717, 1.165) is 19.6 Å². The number of guanidine groups is 1. The Morgan fingerprint density at radius 1 is 1.27 bits per heavy atom. The molecule has 0 spiro atoms. The van der Waals surface area contributed by atoms with E-state index in [1.165, 1.54) is 36.6 Å². The second-order valence-electron chi connectivity index (χ2n) is 4.36. The van der Waals surface area contributed by atoms with Crippen molar-refractivity contribution in [2.24, 2.45) is 4.99 Å². The summed E-state index contributed by atoms with van der Waals surface area (Å²) in [5.74, 6) is 1.20. The van der Waals surface area contributed by atoms with Crippen LogP contribution in [-0.4, -0.2) is 35.4 Å². The lowest BCUT2D eigenvalue weighted by Crippen LogP contribution is -2.39. The van der Waals surface area contributed by atoms with E-state index in [0.29, 0.717) is 0 Å². The predicted molar refractivity (Wildman–Crippen MR) is 63.6 cm³/mol. The molecule has 0 amide bonds. The number of fused-ring (bicyclic) bond motifs is 1. The van der Waals surface area contributed by atoms with Crippen LogP contribution in [0.5, 0.6) is 0 Å². The predicted octanol–water partition coefficient (Wildman–Crippen LogP) is 2.42. The highest BCUT2D eigenvalue weighted by molar-refractivity contribution is 5.86. The number of hydrogen-bond acceptors (Lipinski definition) is 3. The molecule has 0 aliphatic carbocycles. The van der Waals surface area contributed by atoms with Crippen molar-refractivity contribution in [3.05, 3.63) is 11.4 Å². The molecular weight excluding hydrogens is 186 g/mol. The Morgan fingerprint density at radius 2 is 2.07 bits per heavy atom. The summed E-state index contributed by atoms with van der Waals surface area (Å²) in [4.78, 5) is 9.41. The van der Waals surface area contributed by atoms with E-state index < -0.39 is 0 Å². The molecule has 0 aromatic carbocycles. The van der Waals surface area contributed by atoms with Crippen LogP contribution in [0.3, 0.4) is 0 Å². The fourth-order valence-electron chi connectivity index (χ4n) is 2.27. The molecular formula is C12H21N3. The molecule has 15 heavy (non-hydrogen) atoms. The molecule has 3 heteroatoms. The Balaban J connectivity index is 2.18. The van der Waals surface area contributed by atoms with Crippen LogP contribution >= 0.6 is 0 Å². The maximum atomic E-state index is 4.65. The fourth-order valence-corrected chi connectivity index (χ4v) is 2.27. The van der Waals surface area contributed by atoms with Crippen LogP contribution in [0, 0.1) is 0 Å². The lowest BCUT2D eigenvalue weighted by atomic mass is 10.3. The van der Waals surface area contributed by atoms with Gasteiger partial charge in [-0.1, -0.05) is 13.3 Å². The van der Waals surface area contributed by atoms with Crippen LogP contribution < -0.4 is 0 Å². The van der Waals surface area contributed by atoms with E-state index in [9.17, 15) is 0 Å². The van der Waals surface area contributed by atoms with Gasteiger partial charge in [0.15, 0.2) is 0 Å². The third-order valence-corrected chi connectivity index (χ3v) is 3.34. The number of nitrogens with zero attached hydrogens (tertiary/aromatic N) is 3. The van der Waals surface area contributed by atoms with E-state index in [2.05, 4.69) is 35.6 Å². The second kappa shape index (κ2) is 4.25. The van der Waals surface area contributed by atoms with Gasteiger partial charge in [0.25, 0.3) is 0 Å². The Hall–Kier alpha value is -0.990. The largest absolute Gasteiger partial charge is 0.315 e. The van der Waals surface area contributed by atoms with Crippen LogP contribution in [-0.2, 0) is 0 Å². The Bertz CT molecular complexity index is 304. The van der Waals surface area contributed by atoms with Crippen molar-refractivity contribution in [2.45, 2.75) is 40.0 Å². The van der Waals surface area contributed by atoms with Crippen molar-refractivity contribution >= 4 is 5.96 Å². The molecule has 2 aliphatic heterocycles. The maximum absolute atomic E-state index is 4.65. The van der Waals surface area contributed by atoms with E-state index in [1.54, 1.807) is 0 Å². The van der Waals surface area contributed by atoms with Gasteiger partial charge >= 0.3 is 0 Å². The molecule has 0 radical (unpaired) electrons. The fraction of sp³-hybridized carbons (Fsp3) is 0.750. The van der Waals surface area contributed by atoms with Gasteiger partial charge in [-0.25, -0.2) is 0 Å². The van der Waals surface area contributed by atoms with Crippen molar-refractivity contribution in [1.29, 1.82) is 0 Å². The van der Waals surface area contributed by atoms with Crippen LogP contribution in [0.2, 0.25) is 0 Å². The van der Waals surface area contributed by atoms with Crippen molar-refractivity contribution in [1.82, 2.24) is 9.80 Å². The summed E-state index contributed by atoms with van der Waals surface area (Å²) in [6.07, 6.45) is 3.68. The number of rotatable bonds is 3. The highest BCUT2D eigenvalue weighted by Gasteiger charge is 2.31. The summed E-state index contributed by atoms with van der Waals surface area (Å²) in [6.45, 7) is 9.92. The van der Waals surface area contributed by atoms with Gasteiger partial charge in [0.2, 0.25) is 5.96 Å². The number of aliphatic imine (C=N–C) groups is 1. The Morgan fingerprint density at radius 3 is 2.80 bits per heavy atom. The van der Waals surface area contributed by atoms with Gasteiger partial charge in [0.1, 0.15) is 0 Å². The molecule has 0 saturated carbocycles. The summed E-state index contributed by atoms with van der Waals surface area (Å²) in [6, 6.07) is 0. The first-order chi connectivity index (χ1) is 7.25. The third-order valence-electron chi connectivity index (χ3n) is 3.34. The van der Waals surface area contributed by atoms with E-state index in [4.69, 9.17) is 0 Å². The average Bonchev–Trinajstić information content (AvgIpc) is 2.51. The van der Waals surface area contributed by atoms with Crippen LogP contribution in [0.25, 0.3) is 0 Å². The SMILES string of the molecule is CCCCN1C2=NCCCN2C(C)=C1C. The molecule has 2 aliphatic rings. The molecule has 0 aromatic heterocycles. The molecule has 0 unspecified atom stereocenters. The van der Waals surface area contributed by atoms with Crippen LogP contribution in [0.4, 0.5) is 0 Å². The molecule has 0 fully saturated rings. The zero-order chi connectivity index (χ0) is 10.8. The van der Waals surface area contributed by atoms with E-state index >= 15 is 0 Å². The monoisotopic (exact) mass is 207 g/mol. The zero-order valence-electron chi connectivity index (χ0n) is 10.1. The summed E-state index contributed by atoms with van der Waals surface area (Å²) in [7, 11) is 0. The van der Waals surface area contributed by atoms with Gasteiger partial charge in [-0.3, -0.25) is 4.99 Å². The van der Waals surface area contributed by atoms with E-state index in [1.807, 2.05) is 0 Å². The zero-order valence-corrected chi connectivity index (χ0v) is 10.1. The normalized spacial score (nSPS) is 20.9. The van der Waals surface area contributed by atoms with Crippen molar-refractivity contribution in [2.75, 3.05) is 19.6 Å². The van der Waals surface area contributed by atoms with Crippen molar-refractivity contribution in [3.8, 4) is 0 Å². The van der Waals surface area contributed by atoms with Gasteiger partial charge in [-0.2, -0.15) is 0 Å². The molecule has 0 aromatic rings. The van der Waals surface area contributed by atoms with Gasteiger partial charge in [-0.15, -0.1) is 0 Å². The minimum atomic E-state index is 0.995. The topological polar surface area (TPSA) is 18.8 Å². The highest BCUT2D eigenvalue weighted by Crippen LogP contribution is 2.27. The summed E-state index contributed by atoms with van der Waals surface area (Å²) in [5, 5.41) is 0. The Kier molecular flexibility index (Phi) is 2.98. The first kappa shape index (κ1) is 10.5. The minimum absolute atomic E-state index is 0.995. The molecule has 2 rings (SSSR count). The first-order valence-electron chi connectivity index (χ1n) is 6.02. The molecule has 0 bridgehead atoms. The Labute approximate surface area is 92.5 Å². The summed E-state index contributed by atoms with van der Waals surface area (Å²) >= 11 is 0. The molecule has 2 heterocycles. The third kappa shape index (κ3) is 1.75. The van der Waals surface area contributed by atoms with Gasteiger partial charge < -0.3 is 9.80 Å². The quantitative estimate of drug-likeness (QED) is 0.707. The van der Waals surface area contributed by atoms with Gasteiger partial charge in [-0.05, 0) is 26.7 Å². The molecule has 3 nitrogen and oxygen atoms in total. The van der Waals surface area contributed by atoms with Crippen molar-refractivity contribution < 1.29 is 0 Å². The van der Waals surface area contributed by atoms with Crippen LogP contribution in [0.1, 0.15) is 40.0 Å². The lowest BCUT2D eigenvalue weighted by Gasteiger charge is -2.28. The lowest BCUT2D eigenvalue weighted by molar-refractivity contribution is 0.426. The van der Waals surface area contributed by atoms with Crippen LogP contribution in [0.15, 0.2) is 16.4 Å². The van der Waals surface area contributed by atoms with Crippen molar-refractivity contribution in [3.63, 3.8) is 0 Å². The summed E-state index contributed by atoms with van der Waals surface area (Å²) in [5.41, 5.74) is 2.79. The first-order valence-corrected chi connectivity index (χ1v) is 6.02. The molecule has 84 valence electrons. The molecule has 0 N–H and O–H groups in total. The molecule has 0 saturated heterocycles. The van der Waals surface area contributed by atoms with E-state index in [-0.39, 0.29) is 0 Å².